The highest BCUT2D eigenvalue weighted by Gasteiger charge is 2.28. The molecule has 2 aromatic carbocycles. The third kappa shape index (κ3) is 5.33. The zero-order valence-electron chi connectivity index (χ0n) is 19.9. The number of nitrogens with one attached hydrogen (secondary N) is 1. The molecule has 0 atom stereocenters. The predicted octanol–water partition coefficient (Wildman–Crippen LogP) is 3.77. The first-order valence-electron chi connectivity index (χ1n) is 11.8. The van der Waals surface area contributed by atoms with Crippen LogP contribution in [0.2, 0.25) is 0 Å². The largest absolute Gasteiger partial charge is 0.462 e. The van der Waals surface area contributed by atoms with Crippen molar-refractivity contribution in [3.8, 4) is 0 Å². The zero-order chi connectivity index (χ0) is 25.0. The fourth-order valence-electron chi connectivity index (χ4n) is 4.21. The number of rotatable bonds is 6. The number of fused-ring (bicyclic) bond motifs is 1. The van der Waals surface area contributed by atoms with Gasteiger partial charge in [-0.05, 0) is 68.8 Å². The lowest BCUT2D eigenvalue weighted by atomic mass is 10.2. The molecule has 1 aliphatic heterocycles. The Bertz CT molecular complexity index is 1320. The summed E-state index contributed by atoms with van der Waals surface area (Å²) in [6.07, 6.45) is 2.48. The Hall–Kier alpha value is -3.37. The fourth-order valence-corrected chi connectivity index (χ4v) is 5.71. The van der Waals surface area contributed by atoms with E-state index in [0.717, 1.165) is 17.4 Å². The number of urea groups is 1. The molecule has 35 heavy (non-hydrogen) atoms. The van der Waals surface area contributed by atoms with E-state index < -0.39 is 16.0 Å². The van der Waals surface area contributed by atoms with Crippen molar-refractivity contribution in [2.24, 2.45) is 0 Å². The van der Waals surface area contributed by atoms with Gasteiger partial charge in [-0.1, -0.05) is 0 Å². The molecule has 0 radical (unpaired) electrons. The Labute approximate surface area is 205 Å². The SMILES string of the molecule is CCOC(=O)c1ccc(NC(=O)N2CCCN(S(=O)(=O)c3ccc4c(ccn4CC)c3)CC2)cc1. The van der Waals surface area contributed by atoms with Gasteiger partial charge in [-0.25, -0.2) is 18.0 Å². The second-order valence-corrected chi connectivity index (χ2v) is 10.2. The number of aromatic nitrogens is 1. The summed E-state index contributed by atoms with van der Waals surface area (Å²) in [5.74, 6) is -0.415. The van der Waals surface area contributed by atoms with E-state index in [1.54, 1.807) is 48.2 Å². The molecule has 9 nitrogen and oxygen atoms in total. The number of sulfonamides is 1. The highest BCUT2D eigenvalue weighted by molar-refractivity contribution is 7.89. The van der Waals surface area contributed by atoms with Crippen LogP contribution in [0.4, 0.5) is 10.5 Å². The second kappa shape index (κ2) is 10.5. The van der Waals surface area contributed by atoms with Crippen LogP contribution in [-0.2, 0) is 21.3 Å². The Balaban J connectivity index is 1.40. The number of anilines is 1. The Kier molecular flexibility index (Phi) is 7.42. The summed E-state index contributed by atoms with van der Waals surface area (Å²) < 4.78 is 35.1. The first-order chi connectivity index (χ1) is 16.8. The first kappa shape index (κ1) is 24.7. The van der Waals surface area contributed by atoms with E-state index >= 15 is 0 Å². The number of hydrogen-bond acceptors (Lipinski definition) is 5. The third-order valence-corrected chi connectivity index (χ3v) is 8.00. The number of ether oxygens (including phenoxy) is 1. The van der Waals surface area contributed by atoms with E-state index in [1.165, 1.54) is 4.31 Å². The maximum Gasteiger partial charge on any atom is 0.338 e. The molecule has 2 heterocycles. The van der Waals surface area contributed by atoms with Gasteiger partial charge in [0, 0.05) is 55.5 Å². The average molecular weight is 499 g/mol. The lowest BCUT2D eigenvalue weighted by Gasteiger charge is -2.22. The highest BCUT2D eigenvalue weighted by atomic mass is 32.2. The number of benzene rings is 2. The van der Waals surface area contributed by atoms with Crippen LogP contribution in [0.5, 0.6) is 0 Å². The van der Waals surface area contributed by atoms with Crippen LogP contribution >= 0.6 is 0 Å². The monoisotopic (exact) mass is 498 g/mol. The Morgan fingerprint density at radius 2 is 1.74 bits per heavy atom. The van der Waals surface area contributed by atoms with Gasteiger partial charge in [0.05, 0.1) is 17.1 Å². The number of esters is 1. The van der Waals surface area contributed by atoms with E-state index in [-0.39, 0.29) is 24.0 Å². The predicted molar refractivity (Wildman–Crippen MR) is 134 cm³/mol. The van der Waals surface area contributed by atoms with Crippen LogP contribution in [0.25, 0.3) is 10.9 Å². The van der Waals surface area contributed by atoms with Crippen LogP contribution in [-0.4, -0.2) is 67.0 Å². The molecule has 0 bridgehead atoms. The summed E-state index contributed by atoms with van der Waals surface area (Å²) in [5, 5.41) is 3.70. The van der Waals surface area contributed by atoms with Crippen molar-refractivity contribution in [3.63, 3.8) is 0 Å². The van der Waals surface area contributed by atoms with Crippen molar-refractivity contribution in [1.29, 1.82) is 0 Å². The van der Waals surface area contributed by atoms with Crippen molar-refractivity contribution in [2.45, 2.75) is 31.7 Å². The molecule has 0 aliphatic carbocycles. The van der Waals surface area contributed by atoms with Crippen LogP contribution in [0.1, 0.15) is 30.6 Å². The number of carbonyl (C=O) groups is 2. The van der Waals surface area contributed by atoms with Crippen LogP contribution in [0.15, 0.2) is 59.6 Å². The summed E-state index contributed by atoms with van der Waals surface area (Å²) in [4.78, 5) is 26.5. The van der Waals surface area contributed by atoms with Crippen molar-refractivity contribution >= 4 is 38.6 Å². The van der Waals surface area contributed by atoms with Crippen molar-refractivity contribution in [2.75, 3.05) is 38.1 Å². The quantitative estimate of drug-likeness (QED) is 0.522. The van der Waals surface area contributed by atoms with Gasteiger partial charge in [0.1, 0.15) is 0 Å². The molecule has 2 amide bonds. The number of carbonyl (C=O) groups excluding carboxylic acids is 2. The molecule has 10 heteroatoms. The van der Waals surface area contributed by atoms with Gasteiger partial charge in [-0.3, -0.25) is 0 Å². The molecule has 186 valence electrons. The smallest absolute Gasteiger partial charge is 0.338 e. The Morgan fingerprint density at radius 1 is 0.971 bits per heavy atom. The lowest BCUT2D eigenvalue weighted by molar-refractivity contribution is 0.0526. The lowest BCUT2D eigenvalue weighted by Crippen LogP contribution is -2.39. The van der Waals surface area contributed by atoms with Crippen LogP contribution in [0.3, 0.4) is 0 Å². The van der Waals surface area contributed by atoms with Gasteiger partial charge in [-0.15, -0.1) is 0 Å². The van der Waals surface area contributed by atoms with Crippen LogP contribution in [0, 0.1) is 0 Å². The minimum absolute atomic E-state index is 0.214. The molecular weight excluding hydrogens is 468 g/mol. The second-order valence-electron chi connectivity index (χ2n) is 8.30. The first-order valence-corrected chi connectivity index (χ1v) is 13.2. The summed E-state index contributed by atoms with van der Waals surface area (Å²) in [5.41, 5.74) is 1.95. The minimum Gasteiger partial charge on any atom is -0.462 e. The van der Waals surface area contributed by atoms with Gasteiger partial charge in [-0.2, -0.15) is 4.31 Å². The molecule has 1 aromatic heterocycles. The summed E-state index contributed by atoms with van der Waals surface area (Å²) >= 11 is 0. The summed E-state index contributed by atoms with van der Waals surface area (Å²) in [6, 6.07) is 13.3. The highest BCUT2D eigenvalue weighted by Crippen LogP contribution is 2.24. The molecule has 3 aromatic rings. The molecule has 4 rings (SSSR count). The van der Waals surface area contributed by atoms with Crippen molar-refractivity contribution in [1.82, 2.24) is 13.8 Å². The molecule has 0 spiro atoms. The summed E-state index contributed by atoms with van der Waals surface area (Å²) in [6.45, 7) is 6.16. The average Bonchev–Trinajstić information content (AvgIpc) is 3.09. The number of hydrogen-bond donors (Lipinski definition) is 1. The van der Waals surface area contributed by atoms with Gasteiger partial charge in [0.15, 0.2) is 0 Å². The van der Waals surface area contributed by atoms with E-state index in [4.69, 9.17) is 4.74 Å². The standard InChI is InChI=1S/C25H30N4O5S/c1-3-27-15-12-20-18-22(10-11-23(20)27)35(32,33)29-14-5-13-28(16-17-29)25(31)26-21-8-6-19(7-9-21)24(30)34-4-2/h6-12,15,18H,3-5,13-14,16-17H2,1-2H3,(H,26,31). The van der Waals surface area contributed by atoms with Crippen molar-refractivity contribution in [3.05, 3.63) is 60.3 Å². The normalized spacial score (nSPS) is 15.1. The van der Waals surface area contributed by atoms with Gasteiger partial charge < -0.3 is 19.5 Å². The number of nitrogens with zero attached hydrogens (tertiary/aromatic N) is 3. The molecule has 1 saturated heterocycles. The fraction of sp³-hybridized carbons (Fsp3) is 0.360. The molecule has 1 aliphatic rings. The van der Waals surface area contributed by atoms with Crippen LogP contribution < -0.4 is 5.32 Å². The van der Waals surface area contributed by atoms with E-state index in [2.05, 4.69) is 9.88 Å². The van der Waals surface area contributed by atoms with Gasteiger partial charge >= 0.3 is 12.0 Å². The number of amides is 2. The maximum atomic E-state index is 13.3. The Morgan fingerprint density at radius 3 is 2.46 bits per heavy atom. The van der Waals surface area contributed by atoms with E-state index in [9.17, 15) is 18.0 Å². The summed E-state index contributed by atoms with van der Waals surface area (Å²) in [7, 11) is -3.68. The number of aryl methyl sites for hydroxylation is 1. The molecule has 0 unspecified atom stereocenters. The van der Waals surface area contributed by atoms with Gasteiger partial charge in [0.25, 0.3) is 0 Å². The van der Waals surface area contributed by atoms with Gasteiger partial charge in [0.2, 0.25) is 10.0 Å². The molecule has 1 fully saturated rings. The molecular formula is C25H30N4O5S. The third-order valence-electron chi connectivity index (χ3n) is 6.11. The molecule has 1 N–H and O–H groups in total. The minimum atomic E-state index is -3.68. The molecule has 0 saturated carbocycles. The van der Waals surface area contributed by atoms with Crippen molar-refractivity contribution < 1.29 is 22.7 Å². The van der Waals surface area contributed by atoms with E-state index in [1.807, 2.05) is 25.3 Å². The zero-order valence-corrected chi connectivity index (χ0v) is 20.8. The van der Waals surface area contributed by atoms with E-state index in [0.29, 0.717) is 37.4 Å². The topological polar surface area (TPSA) is 101 Å². The maximum absolute atomic E-state index is 13.3.